The molecule has 0 N–H and O–H groups in total. The average Bonchev–Trinajstić information content (AvgIpc) is 1.63. The van der Waals surface area contributed by atoms with Gasteiger partial charge in [-0.25, -0.2) is 0 Å². The molecule has 0 aliphatic rings. The molecule has 9 nitrogen and oxygen atoms in total. The van der Waals surface area contributed by atoms with Crippen LogP contribution >= 0.6 is 0 Å². The predicted molar refractivity (Wildman–Crippen MR) is 435 cm³/mol. The van der Waals surface area contributed by atoms with Crippen molar-refractivity contribution < 1.29 is 67.2 Å². The Kier molecular flexibility index (Phi) is 31.0. The van der Waals surface area contributed by atoms with Crippen molar-refractivity contribution in [1.82, 2.24) is 44.3 Å². The Labute approximate surface area is 692 Å². The molecule has 0 spiro atoms. The summed E-state index contributed by atoms with van der Waals surface area (Å²) in [5, 5.41) is 13.6. The summed E-state index contributed by atoms with van der Waals surface area (Å²) >= 11 is 0. The van der Waals surface area contributed by atoms with E-state index in [9.17, 15) is 8.78 Å². The Bertz CT molecular complexity index is 5400. The number of rotatable bonds is 12. The Hall–Kier alpha value is -12.5. The fraction of sp³-hybridized carbons (Fsp3) is 0.0204. The van der Waals surface area contributed by atoms with Crippen LogP contribution < -0.4 is 0 Å². The van der Waals surface area contributed by atoms with Gasteiger partial charge in [0.05, 0.1) is 18.1 Å². The molecule has 3 radical (unpaired) electrons. The van der Waals surface area contributed by atoms with E-state index in [2.05, 4.69) is 221 Å². The standard InChI is InChI=1S/C23H19N2.2C21H15N2.C11H6F2N.2C11H8N.3Rh/c1-17-23(18(2)25(24-17)22-11-7-4-8-12-22)21-15-13-20(14-16-21)19-9-5-3-6-10-19;2*1-3-7-17(8-4-1)18-11-13-19(14-12-18)20-15-22-23(16-20)21-9-5-2-6-10-21;12-8-4-5-9(10(13)7-8)11-3-1-2-6-14-11;2*1-2-6-10(7-3-1)11-8-4-5-9-12-11;;;/h3-11,13-16H,1-2H3;2*1-9,11-16H;1-4,6-7H;2*1-6,8-9H;;;/q6*-1;3*+2. The molecule has 12 aromatic carbocycles. The Morgan fingerprint density at radius 1 is 0.304 bits per heavy atom. The molecule has 549 valence electrons. The van der Waals surface area contributed by atoms with Gasteiger partial charge in [-0.1, -0.05) is 212 Å². The van der Waals surface area contributed by atoms with Crippen LogP contribution in [0.3, 0.4) is 0 Å². The first-order valence-electron chi connectivity index (χ1n) is 35.3. The van der Waals surface area contributed by atoms with Crippen molar-refractivity contribution in [2.45, 2.75) is 13.8 Å². The Balaban J connectivity index is 0.000000145. The monoisotopic (exact) mass is 1720 g/mol. The van der Waals surface area contributed by atoms with Crippen LogP contribution in [-0.2, 0) is 58.4 Å². The number of para-hydroxylation sites is 3. The normalized spacial score (nSPS) is 10.1. The molecular weight excluding hydrogens is 1650 g/mol. The summed E-state index contributed by atoms with van der Waals surface area (Å²) in [5.41, 5.74) is 23.9. The fourth-order valence-corrected chi connectivity index (χ4v) is 11.8. The van der Waals surface area contributed by atoms with Crippen molar-refractivity contribution in [3.63, 3.8) is 0 Å². The van der Waals surface area contributed by atoms with Gasteiger partial charge in [-0.15, -0.1) is 102 Å². The van der Waals surface area contributed by atoms with Gasteiger partial charge in [-0.2, -0.15) is 88.1 Å². The summed E-state index contributed by atoms with van der Waals surface area (Å²) in [7, 11) is 0. The van der Waals surface area contributed by atoms with Gasteiger partial charge in [0.15, 0.2) is 0 Å². The number of benzene rings is 12. The number of aromatic nitrogens is 9. The van der Waals surface area contributed by atoms with E-state index < -0.39 is 11.6 Å². The maximum absolute atomic E-state index is 13.2. The van der Waals surface area contributed by atoms with Crippen LogP contribution in [0.4, 0.5) is 8.78 Å². The zero-order valence-electron chi connectivity index (χ0n) is 60.8. The summed E-state index contributed by atoms with van der Waals surface area (Å²) in [5.74, 6) is -1.29. The van der Waals surface area contributed by atoms with E-state index in [0.717, 1.165) is 85.4 Å². The molecule has 18 aromatic rings. The molecule has 14 heteroatoms. The fourth-order valence-electron chi connectivity index (χ4n) is 11.8. The minimum Gasteiger partial charge on any atom is -0.305 e. The van der Waals surface area contributed by atoms with E-state index in [1.807, 2.05) is 215 Å². The van der Waals surface area contributed by atoms with E-state index >= 15 is 0 Å². The molecule has 6 heterocycles. The predicted octanol–water partition coefficient (Wildman–Crippen LogP) is 23.6. The molecule has 0 amide bonds. The van der Waals surface area contributed by atoms with Gasteiger partial charge >= 0.3 is 58.4 Å². The van der Waals surface area contributed by atoms with E-state index in [-0.39, 0.29) is 64.0 Å². The molecule has 0 saturated carbocycles. The number of nitrogens with zero attached hydrogens (tertiary/aromatic N) is 9. The van der Waals surface area contributed by atoms with E-state index in [0.29, 0.717) is 5.69 Å². The molecule has 0 bridgehead atoms. The van der Waals surface area contributed by atoms with Crippen LogP contribution in [0.1, 0.15) is 11.4 Å². The molecule has 6 aromatic heterocycles. The number of aryl methyl sites for hydroxylation is 1. The maximum atomic E-state index is 13.2. The molecule has 0 fully saturated rings. The van der Waals surface area contributed by atoms with Gasteiger partial charge in [0.1, 0.15) is 0 Å². The second-order valence-corrected chi connectivity index (χ2v) is 24.6. The SMILES string of the molecule is Cc1nn(-c2[c-]cccc2)c(C)c1-c1ccc(-c2ccccc2)cc1.Fc1c[c-]c(-c2ccccn2)c(F)c1.[Rh+2].[Rh+2].[Rh+2].[c-]1ccccc1-c1ccccn1.[c-]1ccccc1-c1ccccn1.[c-]1ccccc1-n1cc(-c2ccc(-c3ccccc3)cc2)cn1.[c-]1ccccc1-n1cc(-c2ccc(-c3ccccc3)cc2)cn1. The van der Waals surface area contributed by atoms with Crippen LogP contribution in [0.25, 0.3) is 118 Å². The molecule has 18 rings (SSSR count). The molecule has 0 saturated heterocycles. The van der Waals surface area contributed by atoms with Gasteiger partial charge < -0.3 is 15.0 Å². The second-order valence-electron chi connectivity index (χ2n) is 24.6. The quantitative estimate of drug-likeness (QED) is 0.0894. The van der Waals surface area contributed by atoms with Crippen LogP contribution in [-0.4, -0.2) is 44.3 Å². The van der Waals surface area contributed by atoms with Crippen molar-refractivity contribution in [2.75, 3.05) is 0 Å². The first kappa shape index (κ1) is 82.0. The molecule has 0 unspecified atom stereocenters. The number of hydrogen-bond donors (Lipinski definition) is 0. The van der Waals surface area contributed by atoms with Crippen LogP contribution in [0.15, 0.2) is 395 Å². The van der Waals surface area contributed by atoms with E-state index in [4.69, 9.17) is 5.10 Å². The van der Waals surface area contributed by atoms with Crippen LogP contribution in [0.5, 0.6) is 0 Å². The van der Waals surface area contributed by atoms with Gasteiger partial charge in [0, 0.05) is 65.0 Å². The zero-order chi connectivity index (χ0) is 74.6. The van der Waals surface area contributed by atoms with E-state index in [1.54, 1.807) is 36.8 Å². The molecule has 0 aliphatic heterocycles. The minimum atomic E-state index is -0.649. The maximum Gasteiger partial charge on any atom is 2.00 e. The van der Waals surface area contributed by atoms with Gasteiger partial charge in [-0.3, -0.25) is 22.8 Å². The van der Waals surface area contributed by atoms with Crippen molar-refractivity contribution in [2.24, 2.45) is 0 Å². The number of pyridine rings is 3. The van der Waals surface area contributed by atoms with Crippen LogP contribution in [0.2, 0.25) is 0 Å². The second kappa shape index (κ2) is 42.4. The van der Waals surface area contributed by atoms with Gasteiger partial charge in [-0.05, 0) is 116 Å². The zero-order valence-corrected chi connectivity index (χ0v) is 65.7. The summed E-state index contributed by atoms with van der Waals surface area (Å²) < 4.78 is 31.5. The van der Waals surface area contributed by atoms with E-state index in [1.165, 1.54) is 44.5 Å². The van der Waals surface area contributed by atoms with Crippen molar-refractivity contribution in [3.8, 4) is 118 Å². The first-order chi connectivity index (χ1) is 53.7. The summed E-state index contributed by atoms with van der Waals surface area (Å²) in [6, 6.07) is 133. The third kappa shape index (κ3) is 22.6. The van der Waals surface area contributed by atoms with Crippen molar-refractivity contribution >= 4 is 0 Å². The first-order valence-corrected chi connectivity index (χ1v) is 35.3. The minimum absolute atomic E-state index is 0. The summed E-state index contributed by atoms with van der Waals surface area (Å²) in [6.07, 6.45) is 13.0. The summed E-state index contributed by atoms with van der Waals surface area (Å²) in [6.45, 7) is 4.17. The Morgan fingerprint density at radius 3 is 0.982 bits per heavy atom. The molecule has 112 heavy (non-hydrogen) atoms. The third-order valence-corrected chi connectivity index (χ3v) is 17.3. The van der Waals surface area contributed by atoms with Crippen LogP contribution in [0, 0.1) is 61.9 Å². The number of halogens is 2. The average molecular weight is 1720 g/mol. The Morgan fingerprint density at radius 2 is 0.634 bits per heavy atom. The smallest absolute Gasteiger partial charge is 0.305 e. The van der Waals surface area contributed by atoms with Crippen molar-refractivity contribution in [1.29, 1.82) is 0 Å². The third-order valence-electron chi connectivity index (χ3n) is 17.3. The molecule has 0 atom stereocenters. The van der Waals surface area contributed by atoms with Crippen molar-refractivity contribution in [3.05, 3.63) is 455 Å². The molecular formula is C98H71F2N9Rh3. The summed E-state index contributed by atoms with van der Waals surface area (Å²) in [4.78, 5) is 12.4. The topological polar surface area (TPSA) is 92.1 Å². The van der Waals surface area contributed by atoms with Gasteiger partial charge in [0.25, 0.3) is 0 Å². The molecule has 0 aliphatic carbocycles. The largest absolute Gasteiger partial charge is 2.00 e. The number of hydrogen-bond acceptors (Lipinski definition) is 6. The van der Waals surface area contributed by atoms with Gasteiger partial charge in [0.2, 0.25) is 0 Å².